The van der Waals surface area contributed by atoms with E-state index >= 15 is 0 Å². The highest BCUT2D eigenvalue weighted by Gasteiger charge is 2.24. The predicted octanol–water partition coefficient (Wildman–Crippen LogP) is 0.207. The van der Waals surface area contributed by atoms with Crippen molar-refractivity contribution in [2.24, 2.45) is 5.84 Å². The van der Waals surface area contributed by atoms with E-state index in [-0.39, 0.29) is 39.3 Å². The fraction of sp³-hybridized carbons (Fsp3) is 0.933. The molecular weight excluding hydrogens is 364 g/mol. The van der Waals surface area contributed by atoms with Crippen molar-refractivity contribution < 1.29 is 9.44 Å². The number of nitrogens with zero attached hydrogens (tertiary/aromatic N) is 4. The Balaban J connectivity index is 4.71. The second-order valence-electron chi connectivity index (χ2n) is 6.45. The number of hydrazine groups is 1. The highest BCUT2D eigenvalue weighted by Crippen LogP contribution is 2.16. The molecule has 0 aliphatic heterocycles. The summed E-state index contributed by atoms with van der Waals surface area (Å²) in [4.78, 5) is 13.2. The molecule has 0 aromatic carbocycles. The number of halogens is 1. The van der Waals surface area contributed by atoms with Crippen molar-refractivity contribution in [3.63, 3.8) is 0 Å². The normalized spacial score (nSPS) is 15.5. The molecule has 11 heteroatoms. The van der Waals surface area contributed by atoms with Gasteiger partial charge in [0.2, 0.25) is 5.91 Å². The van der Waals surface area contributed by atoms with Gasteiger partial charge in [-0.1, -0.05) is 24.9 Å². The second kappa shape index (κ2) is 13.6. The van der Waals surface area contributed by atoms with Crippen LogP contribution in [-0.2, 0) is 4.79 Å². The van der Waals surface area contributed by atoms with E-state index < -0.39 is 16.1 Å². The molecule has 10 nitrogen and oxygen atoms in total. The number of nitrogens with one attached hydrogen (secondary N) is 1. The molecule has 3 N–H and O–H groups in total. The molecule has 0 aromatic heterocycles. The molecule has 2 unspecified atom stereocenters. The molecule has 0 radical (unpaired) electrons. The van der Waals surface area contributed by atoms with Crippen LogP contribution in [0.15, 0.2) is 0 Å². The van der Waals surface area contributed by atoms with Crippen LogP contribution in [0.25, 0.3) is 0 Å². The Bertz CT molecular complexity index is 391. The molecule has 1 amide bonds. The van der Waals surface area contributed by atoms with Gasteiger partial charge < -0.3 is 30.4 Å². The van der Waals surface area contributed by atoms with E-state index in [1.165, 1.54) is 7.05 Å². The first kappa shape index (κ1) is 25.4. The maximum absolute atomic E-state index is 13.0. The average molecular weight is 397 g/mol. The number of carbonyl (C=O) groups is 1. The van der Waals surface area contributed by atoms with Crippen LogP contribution in [0, 0.1) is 15.6 Å². The zero-order valence-corrected chi connectivity index (χ0v) is 16.8. The van der Waals surface area contributed by atoms with Crippen LogP contribution >= 0.6 is 11.6 Å². The first-order valence-corrected chi connectivity index (χ1v) is 9.32. The topological polar surface area (TPSA) is 134 Å². The number of hydrogen-bond acceptors (Lipinski definition) is 8. The standard InChI is InChI=1S/C15H33ClN6O4/c1-4-5-6-21(25)10-12-22(26,14(2)16)11-9-20(8-7-19(3)24)13-15(23)18-17/h14H,4-13,17H2,1-3H3,(H,18,23)/q-2. The molecule has 26 heavy (non-hydrogen) atoms. The molecule has 0 spiro atoms. The quantitative estimate of drug-likeness (QED) is 0.100. The lowest BCUT2D eigenvalue weighted by molar-refractivity contribution is -0.889. The first-order chi connectivity index (χ1) is 12.1. The maximum atomic E-state index is 13.0. The summed E-state index contributed by atoms with van der Waals surface area (Å²) in [7, 11) is 1.38. The third kappa shape index (κ3) is 11.2. The Labute approximate surface area is 161 Å². The van der Waals surface area contributed by atoms with Crippen molar-refractivity contribution in [1.82, 2.24) is 20.5 Å². The van der Waals surface area contributed by atoms with Gasteiger partial charge in [-0.05, 0) is 26.6 Å². The van der Waals surface area contributed by atoms with E-state index in [0.29, 0.717) is 13.1 Å². The predicted molar refractivity (Wildman–Crippen MR) is 103 cm³/mol. The lowest BCUT2D eigenvalue weighted by atomic mass is 10.3. The van der Waals surface area contributed by atoms with Crippen molar-refractivity contribution in [2.45, 2.75) is 32.2 Å². The summed E-state index contributed by atoms with van der Waals surface area (Å²) < 4.78 is -0.750. The lowest BCUT2D eigenvalue weighted by Crippen LogP contribution is -2.54. The summed E-state index contributed by atoms with van der Waals surface area (Å²) in [5.41, 5.74) is 1.30. The monoisotopic (exact) mass is 396 g/mol. The Morgan fingerprint density at radius 1 is 1.19 bits per heavy atom. The molecule has 0 saturated heterocycles. The van der Waals surface area contributed by atoms with E-state index in [9.17, 15) is 20.4 Å². The summed E-state index contributed by atoms with van der Waals surface area (Å²) in [5, 5.41) is 37.5. The number of hydrogen-bond donors (Lipinski definition) is 2. The van der Waals surface area contributed by atoms with Gasteiger partial charge in [-0.25, -0.2) is 5.84 Å². The third-order valence-corrected chi connectivity index (χ3v) is 4.55. The van der Waals surface area contributed by atoms with Gasteiger partial charge in [-0.2, -0.15) is 0 Å². The van der Waals surface area contributed by atoms with Gasteiger partial charge in [0.1, 0.15) is 0 Å². The van der Waals surface area contributed by atoms with Crippen molar-refractivity contribution in [3.05, 3.63) is 15.6 Å². The minimum Gasteiger partial charge on any atom is -0.785 e. The van der Waals surface area contributed by atoms with Crippen LogP contribution in [0.1, 0.15) is 26.7 Å². The summed E-state index contributed by atoms with van der Waals surface area (Å²) in [5.74, 6) is 4.69. The average Bonchev–Trinajstić information content (AvgIpc) is 2.59. The van der Waals surface area contributed by atoms with E-state index in [0.717, 1.165) is 23.0 Å². The van der Waals surface area contributed by atoms with Gasteiger partial charge >= 0.3 is 0 Å². The van der Waals surface area contributed by atoms with Crippen LogP contribution in [0.5, 0.6) is 0 Å². The van der Waals surface area contributed by atoms with Crippen LogP contribution in [0.3, 0.4) is 0 Å². The third-order valence-electron chi connectivity index (χ3n) is 4.19. The number of quaternary nitrogens is 1. The summed E-state index contributed by atoms with van der Waals surface area (Å²) >= 11 is 6.08. The van der Waals surface area contributed by atoms with E-state index in [1.54, 1.807) is 11.8 Å². The molecule has 0 aliphatic carbocycles. The summed E-state index contributed by atoms with van der Waals surface area (Å²) in [6.45, 7) is 5.00. The van der Waals surface area contributed by atoms with Crippen molar-refractivity contribution in [1.29, 1.82) is 0 Å². The number of alkyl halides is 1. The zero-order valence-electron chi connectivity index (χ0n) is 16.0. The number of likely N-dealkylation sites (N-methyl/N-ethyl adjacent to an activating group) is 1. The largest absolute Gasteiger partial charge is 0.785 e. The lowest BCUT2D eigenvalue weighted by Gasteiger charge is -2.47. The number of hydroxylamine groups is 7. The number of unbranched alkanes of at least 4 members (excludes halogenated alkanes) is 1. The van der Waals surface area contributed by atoms with E-state index in [1.807, 2.05) is 12.3 Å². The van der Waals surface area contributed by atoms with Crippen molar-refractivity contribution >= 4 is 17.5 Å². The Kier molecular flexibility index (Phi) is 13.3. The molecule has 0 rings (SSSR count). The van der Waals surface area contributed by atoms with Gasteiger partial charge in [0, 0.05) is 26.6 Å². The van der Waals surface area contributed by atoms with Crippen LogP contribution < -0.4 is 11.3 Å². The summed E-state index contributed by atoms with van der Waals surface area (Å²) in [6, 6.07) is 0. The number of rotatable bonds is 15. The smallest absolute Gasteiger partial charge is 0.248 e. The molecule has 0 bridgehead atoms. The highest BCUT2D eigenvalue weighted by atomic mass is 35.5. The van der Waals surface area contributed by atoms with Crippen molar-refractivity contribution in [3.8, 4) is 0 Å². The molecule has 156 valence electrons. The number of carbonyl (C=O) groups excluding carboxylic acids is 1. The van der Waals surface area contributed by atoms with Gasteiger partial charge in [-0.15, -0.1) is 0 Å². The molecule has 0 aliphatic rings. The fourth-order valence-corrected chi connectivity index (χ4v) is 2.50. The molecule has 0 saturated carbocycles. The SMILES string of the molecule is CCCCN([O-])CC[N+]([O-])(CCN(CCN(C)[O-])CC(=O)NN)C(C)Cl. The van der Waals surface area contributed by atoms with E-state index in [4.69, 9.17) is 17.4 Å². The Morgan fingerprint density at radius 3 is 2.31 bits per heavy atom. The number of nitrogens with two attached hydrogens (primary N) is 1. The van der Waals surface area contributed by atoms with Crippen molar-refractivity contribution in [2.75, 3.05) is 59.4 Å². The zero-order chi connectivity index (χ0) is 20.2. The molecule has 2 atom stereocenters. The van der Waals surface area contributed by atoms with Gasteiger partial charge in [-0.3, -0.25) is 15.1 Å². The minimum atomic E-state index is -0.750. The molecule has 0 heterocycles. The van der Waals surface area contributed by atoms with Crippen LogP contribution in [0.4, 0.5) is 0 Å². The van der Waals surface area contributed by atoms with Gasteiger partial charge in [0.15, 0.2) is 5.50 Å². The molecule has 0 fully saturated rings. The highest BCUT2D eigenvalue weighted by molar-refractivity contribution is 6.19. The Hall–Kier alpha value is -0.560. The van der Waals surface area contributed by atoms with Crippen LogP contribution in [0.2, 0.25) is 0 Å². The second-order valence-corrected chi connectivity index (χ2v) is 7.08. The van der Waals surface area contributed by atoms with E-state index in [2.05, 4.69) is 0 Å². The summed E-state index contributed by atoms with van der Waals surface area (Å²) in [6.07, 6.45) is 1.69. The maximum Gasteiger partial charge on any atom is 0.248 e. The fourth-order valence-electron chi connectivity index (χ4n) is 2.31. The van der Waals surface area contributed by atoms with Crippen LogP contribution in [-0.4, -0.2) is 90.5 Å². The molecule has 0 aromatic rings. The Morgan fingerprint density at radius 2 is 1.81 bits per heavy atom. The van der Waals surface area contributed by atoms with Gasteiger partial charge in [0.25, 0.3) is 0 Å². The minimum absolute atomic E-state index is 0.0226. The number of amides is 1. The first-order valence-electron chi connectivity index (χ1n) is 8.88. The van der Waals surface area contributed by atoms with Gasteiger partial charge in [0.05, 0.1) is 19.6 Å². The molecular formula is C15H33ClN6O4-2.